The van der Waals surface area contributed by atoms with Crippen molar-refractivity contribution in [2.75, 3.05) is 37.4 Å². The molecule has 0 aliphatic carbocycles. The summed E-state index contributed by atoms with van der Waals surface area (Å²) in [6, 6.07) is 7.07. The Morgan fingerprint density at radius 1 is 1.28 bits per heavy atom. The molecule has 2 heterocycles. The molecule has 7 nitrogen and oxygen atoms in total. The van der Waals surface area contributed by atoms with Crippen LogP contribution in [0.4, 0.5) is 10.8 Å². The summed E-state index contributed by atoms with van der Waals surface area (Å²) in [7, 11) is 4.01. The summed E-state index contributed by atoms with van der Waals surface area (Å²) in [4.78, 5) is 27.9. The van der Waals surface area contributed by atoms with Gasteiger partial charge in [0.15, 0.2) is 0 Å². The highest BCUT2D eigenvalue weighted by atomic mass is 32.1. The molecule has 1 N–H and O–H groups in total. The van der Waals surface area contributed by atoms with E-state index < -0.39 is 0 Å². The van der Waals surface area contributed by atoms with Crippen molar-refractivity contribution in [2.45, 2.75) is 19.3 Å². The smallest absolute Gasteiger partial charge is 0.257 e. The lowest BCUT2D eigenvalue weighted by Gasteiger charge is -2.15. The zero-order valence-electron chi connectivity index (χ0n) is 14.4. The van der Waals surface area contributed by atoms with Crippen LogP contribution in [0.1, 0.15) is 28.2 Å². The zero-order valence-corrected chi connectivity index (χ0v) is 15.2. The maximum atomic E-state index is 12.3. The lowest BCUT2D eigenvalue weighted by Crippen LogP contribution is -2.23. The van der Waals surface area contributed by atoms with Gasteiger partial charge in [0.2, 0.25) is 11.0 Å². The monoisotopic (exact) mass is 359 g/mol. The van der Waals surface area contributed by atoms with Crippen molar-refractivity contribution in [3.63, 3.8) is 0 Å². The standard InChI is InChI=1S/C17H21N5O2S/c1-21(2)11-9-14-19-20-17(25-14)18-16(24)12-5-7-13(8-6-12)22-10-3-4-15(22)23/h5-8H,3-4,9-11H2,1-2H3,(H,18,20,24). The Bertz CT molecular complexity index is 757. The minimum atomic E-state index is -0.227. The second-order valence-corrected chi connectivity index (χ2v) is 7.27. The molecule has 2 aromatic rings. The molecule has 0 bridgehead atoms. The molecule has 0 radical (unpaired) electrons. The van der Waals surface area contributed by atoms with Gasteiger partial charge < -0.3 is 9.80 Å². The first-order valence-corrected chi connectivity index (χ1v) is 9.03. The molecule has 1 fully saturated rings. The molecule has 2 amide bonds. The minimum absolute atomic E-state index is 0.135. The van der Waals surface area contributed by atoms with E-state index in [0.717, 1.165) is 36.6 Å². The molecular weight excluding hydrogens is 338 g/mol. The second-order valence-electron chi connectivity index (χ2n) is 6.20. The first-order valence-electron chi connectivity index (χ1n) is 8.22. The van der Waals surface area contributed by atoms with Gasteiger partial charge >= 0.3 is 0 Å². The van der Waals surface area contributed by atoms with E-state index in [9.17, 15) is 9.59 Å². The van der Waals surface area contributed by atoms with Crippen molar-refractivity contribution in [1.29, 1.82) is 0 Å². The van der Waals surface area contributed by atoms with Crippen molar-refractivity contribution < 1.29 is 9.59 Å². The fraction of sp³-hybridized carbons (Fsp3) is 0.412. The van der Waals surface area contributed by atoms with Crippen LogP contribution in [0.5, 0.6) is 0 Å². The van der Waals surface area contributed by atoms with Gasteiger partial charge in [-0.05, 0) is 44.8 Å². The molecule has 0 spiro atoms. The summed E-state index contributed by atoms with van der Waals surface area (Å²) in [5, 5.41) is 12.3. The van der Waals surface area contributed by atoms with E-state index in [-0.39, 0.29) is 11.8 Å². The Morgan fingerprint density at radius 3 is 2.68 bits per heavy atom. The van der Waals surface area contributed by atoms with Crippen LogP contribution in [0, 0.1) is 0 Å². The van der Waals surface area contributed by atoms with Gasteiger partial charge in [-0.1, -0.05) is 11.3 Å². The third-order valence-corrected chi connectivity index (χ3v) is 4.87. The molecule has 1 aliphatic heterocycles. The van der Waals surface area contributed by atoms with Crippen LogP contribution in [-0.4, -0.2) is 54.1 Å². The van der Waals surface area contributed by atoms with Gasteiger partial charge in [0.1, 0.15) is 5.01 Å². The van der Waals surface area contributed by atoms with E-state index in [4.69, 9.17) is 0 Å². The van der Waals surface area contributed by atoms with Crippen LogP contribution >= 0.6 is 11.3 Å². The Kier molecular flexibility index (Phi) is 5.40. The number of likely N-dealkylation sites (N-methyl/N-ethyl adjacent to an activating group) is 1. The third kappa shape index (κ3) is 4.40. The summed E-state index contributed by atoms with van der Waals surface area (Å²) in [6.07, 6.45) is 2.28. The van der Waals surface area contributed by atoms with Gasteiger partial charge in [0, 0.05) is 37.2 Å². The molecule has 0 atom stereocenters. The van der Waals surface area contributed by atoms with Crippen molar-refractivity contribution in [2.24, 2.45) is 0 Å². The number of anilines is 2. The summed E-state index contributed by atoms with van der Waals surface area (Å²) in [5.41, 5.74) is 1.36. The summed E-state index contributed by atoms with van der Waals surface area (Å²) in [5.74, 6) is -0.0917. The summed E-state index contributed by atoms with van der Waals surface area (Å²) < 4.78 is 0. The van der Waals surface area contributed by atoms with E-state index in [1.54, 1.807) is 29.2 Å². The zero-order chi connectivity index (χ0) is 17.8. The number of nitrogens with one attached hydrogen (secondary N) is 1. The fourth-order valence-electron chi connectivity index (χ4n) is 2.61. The topological polar surface area (TPSA) is 78.4 Å². The van der Waals surface area contributed by atoms with Gasteiger partial charge in [-0.15, -0.1) is 10.2 Å². The number of hydrogen-bond acceptors (Lipinski definition) is 6. The maximum absolute atomic E-state index is 12.3. The van der Waals surface area contributed by atoms with E-state index in [0.29, 0.717) is 17.1 Å². The van der Waals surface area contributed by atoms with Gasteiger partial charge in [-0.25, -0.2) is 0 Å². The van der Waals surface area contributed by atoms with Gasteiger partial charge in [-0.2, -0.15) is 0 Å². The van der Waals surface area contributed by atoms with Crippen LogP contribution in [0.2, 0.25) is 0 Å². The van der Waals surface area contributed by atoms with Crippen LogP contribution in [0.3, 0.4) is 0 Å². The lowest BCUT2D eigenvalue weighted by atomic mass is 10.2. The van der Waals surface area contributed by atoms with Crippen LogP contribution in [-0.2, 0) is 11.2 Å². The van der Waals surface area contributed by atoms with Crippen LogP contribution < -0.4 is 10.2 Å². The highest BCUT2D eigenvalue weighted by Crippen LogP contribution is 2.22. The molecule has 0 unspecified atom stereocenters. The molecule has 1 aliphatic rings. The molecule has 8 heteroatoms. The van der Waals surface area contributed by atoms with Crippen molar-refractivity contribution in [1.82, 2.24) is 15.1 Å². The van der Waals surface area contributed by atoms with E-state index in [2.05, 4.69) is 20.4 Å². The van der Waals surface area contributed by atoms with E-state index in [1.807, 2.05) is 14.1 Å². The first kappa shape index (κ1) is 17.5. The Hall–Kier alpha value is -2.32. The average Bonchev–Trinajstić information content (AvgIpc) is 3.22. The lowest BCUT2D eigenvalue weighted by molar-refractivity contribution is -0.117. The van der Waals surface area contributed by atoms with Crippen LogP contribution in [0.15, 0.2) is 24.3 Å². The molecule has 1 saturated heterocycles. The Morgan fingerprint density at radius 2 is 2.04 bits per heavy atom. The number of hydrogen-bond donors (Lipinski definition) is 1. The number of carbonyl (C=O) groups is 2. The number of amides is 2. The molecule has 25 heavy (non-hydrogen) atoms. The molecular formula is C17H21N5O2S. The Labute approximate surface area is 150 Å². The molecule has 1 aromatic carbocycles. The maximum Gasteiger partial charge on any atom is 0.257 e. The summed E-state index contributed by atoms with van der Waals surface area (Å²) >= 11 is 1.39. The fourth-order valence-corrected chi connectivity index (χ4v) is 3.33. The predicted octanol–water partition coefficient (Wildman–Crippen LogP) is 2.02. The quantitative estimate of drug-likeness (QED) is 0.854. The largest absolute Gasteiger partial charge is 0.312 e. The van der Waals surface area contributed by atoms with Crippen molar-refractivity contribution in [3.05, 3.63) is 34.8 Å². The van der Waals surface area contributed by atoms with Gasteiger partial charge in [-0.3, -0.25) is 14.9 Å². The van der Waals surface area contributed by atoms with Crippen LogP contribution in [0.25, 0.3) is 0 Å². The number of benzene rings is 1. The van der Waals surface area contributed by atoms with Gasteiger partial charge in [0.25, 0.3) is 5.91 Å². The van der Waals surface area contributed by atoms with Crippen molar-refractivity contribution >= 4 is 34.0 Å². The Balaban J connectivity index is 1.60. The molecule has 3 rings (SSSR count). The third-order valence-electron chi connectivity index (χ3n) is 3.97. The number of aromatic nitrogens is 2. The van der Waals surface area contributed by atoms with Gasteiger partial charge in [0.05, 0.1) is 0 Å². The molecule has 132 valence electrons. The predicted molar refractivity (Wildman–Crippen MR) is 98.1 cm³/mol. The molecule has 0 saturated carbocycles. The normalized spacial score (nSPS) is 14.4. The van der Waals surface area contributed by atoms with E-state index in [1.165, 1.54) is 11.3 Å². The minimum Gasteiger partial charge on any atom is -0.312 e. The number of carbonyl (C=O) groups excluding carboxylic acids is 2. The van der Waals surface area contributed by atoms with Crippen molar-refractivity contribution in [3.8, 4) is 0 Å². The highest BCUT2D eigenvalue weighted by molar-refractivity contribution is 7.15. The second kappa shape index (κ2) is 7.71. The van der Waals surface area contributed by atoms with E-state index >= 15 is 0 Å². The highest BCUT2D eigenvalue weighted by Gasteiger charge is 2.21. The molecule has 1 aromatic heterocycles. The summed E-state index contributed by atoms with van der Waals surface area (Å²) in [6.45, 7) is 1.63. The first-order chi connectivity index (χ1) is 12.0. The number of rotatable bonds is 6. The SMILES string of the molecule is CN(C)CCc1nnc(NC(=O)c2ccc(N3CCCC3=O)cc2)s1. The number of nitrogens with zero attached hydrogens (tertiary/aromatic N) is 4. The average molecular weight is 359 g/mol.